The average molecular weight is 336 g/mol. The van der Waals surface area contributed by atoms with Gasteiger partial charge in [0.1, 0.15) is 11.4 Å². The molecule has 1 aromatic heterocycles. The van der Waals surface area contributed by atoms with E-state index in [1.54, 1.807) is 25.3 Å². The lowest BCUT2D eigenvalue weighted by molar-refractivity contribution is 0.0437. The normalized spacial score (nSPS) is 19.9. The van der Waals surface area contributed by atoms with Crippen LogP contribution in [0.3, 0.4) is 0 Å². The number of nitrogens with one attached hydrogen (secondary N) is 2. The van der Waals surface area contributed by atoms with E-state index >= 15 is 0 Å². The van der Waals surface area contributed by atoms with Crippen LogP contribution >= 0.6 is 0 Å². The van der Waals surface area contributed by atoms with Crippen LogP contribution in [-0.4, -0.2) is 55.2 Å². The van der Waals surface area contributed by atoms with Crippen LogP contribution in [0, 0.1) is 5.92 Å². The van der Waals surface area contributed by atoms with Crippen molar-refractivity contribution in [2.75, 3.05) is 39.3 Å². The molecule has 1 aromatic rings. The van der Waals surface area contributed by atoms with Gasteiger partial charge >= 0.3 is 0 Å². The third kappa shape index (κ3) is 5.83. The summed E-state index contributed by atoms with van der Waals surface area (Å²) in [5.74, 6) is 1.82. The molecule has 136 valence electrons. The predicted octanol–water partition coefficient (Wildman–Crippen LogP) is 1.77. The van der Waals surface area contributed by atoms with Crippen LogP contribution in [0.2, 0.25) is 0 Å². The Labute approximate surface area is 145 Å². The van der Waals surface area contributed by atoms with Gasteiger partial charge in [-0.3, -0.25) is 0 Å². The number of aliphatic hydroxyl groups is 1. The fourth-order valence-electron chi connectivity index (χ4n) is 2.98. The Bertz CT molecular complexity index is 493. The summed E-state index contributed by atoms with van der Waals surface area (Å²) in [6.45, 7) is 11.5. The molecule has 1 saturated heterocycles. The van der Waals surface area contributed by atoms with E-state index in [0.29, 0.717) is 11.7 Å². The summed E-state index contributed by atoms with van der Waals surface area (Å²) in [6, 6.07) is 3.55. The molecule has 0 aliphatic carbocycles. The molecule has 0 spiro atoms. The first kappa shape index (κ1) is 18.8. The van der Waals surface area contributed by atoms with Gasteiger partial charge in [-0.05, 0) is 57.8 Å². The molecule has 0 aromatic carbocycles. The van der Waals surface area contributed by atoms with Crippen LogP contribution in [0.4, 0.5) is 0 Å². The highest BCUT2D eigenvalue weighted by molar-refractivity contribution is 5.79. The quantitative estimate of drug-likeness (QED) is 0.498. The van der Waals surface area contributed by atoms with Gasteiger partial charge in [-0.15, -0.1) is 0 Å². The number of hydrogen-bond acceptors (Lipinski definition) is 4. The van der Waals surface area contributed by atoms with Gasteiger partial charge in [-0.25, -0.2) is 4.99 Å². The van der Waals surface area contributed by atoms with Crippen molar-refractivity contribution in [3.8, 4) is 0 Å². The summed E-state index contributed by atoms with van der Waals surface area (Å²) in [4.78, 5) is 7.04. The van der Waals surface area contributed by atoms with Crippen molar-refractivity contribution in [3.63, 3.8) is 0 Å². The third-order valence-corrected chi connectivity index (χ3v) is 4.33. The van der Waals surface area contributed by atoms with Crippen LogP contribution in [0.25, 0.3) is 0 Å². The van der Waals surface area contributed by atoms with Crippen molar-refractivity contribution >= 4 is 5.96 Å². The number of nitrogens with zero attached hydrogens (tertiary/aromatic N) is 2. The summed E-state index contributed by atoms with van der Waals surface area (Å²) in [5.41, 5.74) is -1.10. The maximum absolute atomic E-state index is 10.5. The minimum absolute atomic E-state index is 0.246. The van der Waals surface area contributed by atoms with E-state index in [-0.39, 0.29) is 6.54 Å². The molecule has 24 heavy (non-hydrogen) atoms. The Morgan fingerprint density at radius 1 is 1.42 bits per heavy atom. The van der Waals surface area contributed by atoms with E-state index in [4.69, 9.17) is 4.42 Å². The third-order valence-electron chi connectivity index (χ3n) is 4.33. The molecule has 1 aliphatic rings. The van der Waals surface area contributed by atoms with Gasteiger partial charge in [-0.2, -0.15) is 0 Å². The lowest BCUT2D eigenvalue weighted by Crippen LogP contribution is -2.42. The largest absolute Gasteiger partial charge is 0.466 e. The highest BCUT2D eigenvalue weighted by atomic mass is 16.4. The van der Waals surface area contributed by atoms with Crippen molar-refractivity contribution < 1.29 is 9.52 Å². The van der Waals surface area contributed by atoms with Gasteiger partial charge in [0.15, 0.2) is 5.96 Å². The Hall–Kier alpha value is -1.53. The van der Waals surface area contributed by atoms with Crippen LogP contribution in [-0.2, 0) is 5.60 Å². The Morgan fingerprint density at radius 3 is 2.79 bits per heavy atom. The monoisotopic (exact) mass is 336 g/mol. The van der Waals surface area contributed by atoms with Crippen LogP contribution in [0.5, 0.6) is 0 Å². The first-order valence-electron chi connectivity index (χ1n) is 9.02. The fraction of sp³-hybridized carbons (Fsp3) is 0.722. The number of hydrogen-bond donors (Lipinski definition) is 3. The van der Waals surface area contributed by atoms with E-state index < -0.39 is 5.60 Å². The van der Waals surface area contributed by atoms with E-state index in [1.165, 1.54) is 25.9 Å². The second-order valence-electron chi connectivity index (χ2n) is 6.94. The number of rotatable bonds is 8. The van der Waals surface area contributed by atoms with Crippen molar-refractivity contribution in [1.82, 2.24) is 15.5 Å². The first-order chi connectivity index (χ1) is 11.5. The molecule has 2 atom stereocenters. The molecule has 6 heteroatoms. The molecule has 0 radical (unpaired) electrons. The molecule has 1 fully saturated rings. The van der Waals surface area contributed by atoms with E-state index in [1.807, 2.05) is 6.92 Å². The van der Waals surface area contributed by atoms with Crippen LogP contribution < -0.4 is 10.6 Å². The van der Waals surface area contributed by atoms with Gasteiger partial charge in [-0.1, -0.05) is 6.92 Å². The summed E-state index contributed by atoms with van der Waals surface area (Å²) in [7, 11) is 0. The summed E-state index contributed by atoms with van der Waals surface area (Å²) in [6.07, 6.45) is 4.22. The zero-order valence-corrected chi connectivity index (χ0v) is 15.2. The molecule has 2 rings (SSSR count). The lowest BCUT2D eigenvalue weighted by atomic mass is 10.0. The van der Waals surface area contributed by atoms with Crippen molar-refractivity contribution in [3.05, 3.63) is 24.2 Å². The second kappa shape index (κ2) is 9.08. The standard InChI is InChI=1S/C18H32N4O2/c1-4-19-17(20-12-15(2)13-22-9-5-6-10-22)21-14-18(3,23)16-8-7-11-24-16/h7-8,11,15,23H,4-6,9-10,12-14H2,1-3H3,(H2,19,20,21). The Morgan fingerprint density at radius 2 is 2.17 bits per heavy atom. The van der Waals surface area contributed by atoms with Gasteiger partial charge in [0.25, 0.3) is 0 Å². The summed E-state index contributed by atoms with van der Waals surface area (Å²) in [5, 5.41) is 17.1. The zero-order valence-electron chi connectivity index (χ0n) is 15.2. The van der Waals surface area contributed by atoms with Crippen LogP contribution in [0.1, 0.15) is 39.4 Å². The lowest BCUT2D eigenvalue weighted by Gasteiger charge is -2.22. The molecular formula is C18H32N4O2. The molecule has 6 nitrogen and oxygen atoms in total. The van der Waals surface area contributed by atoms with Crippen molar-refractivity contribution in [2.24, 2.45) is 10.9 Å². The highest BCUT2D eigenvalue weighted by Gasteiger charge is 2.26. The van der Waals surface area contributed by atoms with Crippen molar-refractivity contribution in [2.45, 2.75) is 39.2 Å². The Balaban J connectivity index is 1.83. The summed E-state index contributed by atoms with van der Waals surface area (Å²) < 4.78 is 5.30. The van der Waals surface area contributed by atoms with Crippen LogP contribution in [0.15, 0.2) is 27.8 Å². The topological polar surface area (TPSA) is 73.0 Å². The molecule has 0 amide bonds. The number of furan rings is 1. The molecule has 3 N–H and O–H groups in total. The zero-order chi connectivity index (χ0) is 17.4. The van der Waals surface area contributed by atoms with E-state index in [0.717, 1.165) is 25.6 Å². The highest BCUT2D eigenvalue weighted by Crippen LogP contribution is 2.21. The molecule has 2 heterocycles. The smallest absolute Gasteiger partial charge is 0.191 e. The van der Waals surface area contributed by atoms with Gasteiger partial charge in [0.05, 0.1) is 12.8 Å². The van der Waals surface area contributed by atoms with E-state index in [2.05, 4.69) is 27.4 Å². The predicted molar refractivity (Wildman–Crippen MR) is 97.1 cm³/mol. The van der Waals surface area contributed by atoms with Gasteiger partial charge in [0, 0.05) is 19.6 Å². The minimum Gasteiger partial charge on any atom is -0.466 e. The number of guanidine groups is 1. The summed E-state index contributed by atoms with van der Waals surface area (Å²) >= 11 is 0. The molecule has 1 aliphatic heterocycles. The molecular weight excluding hydrogens is 304 g/mol. The van der Waals surface area contributed by atoms with Crippen molar-refractivity contribution in [1.29, 1.82) is 0 Å². The maximum Gasteiger partial charge on any atom is 0.191 e. The molecule has 0 saturated carbocycles. The maximum atomic E-state index is 10.5. The minimum atomic E-state index is -1.10. The second-order valence-corrected chi connectivity index (χ2v) is 6.94. The molecule has 2 unspecified atom stereocenters. The van der Waals surface area contributed by atoms with Gasteiger partial charge in [0.2, 0.25) is 0 Å². The number of aliphatic imine (C=N–C) groups is 1. The Kier molecular flexibility index (Phi) is 7.12. The van der Waals surface area contributed by atoms with Gasteiger partial charge < -0.3 is 25.1 Å². The number of likely N-dealkylation sites (tertiary alicyclic amines) is 1. The SMILES string of the molecule is CCNC(=NCC(C)(O)c1ccco1)NCC(C)CN1CCCC1. The average Bonchev–Trinajstić information content (AvgIpc) is 3.23. The first-order valence-corrected chi connectivity index (χ1v) is 9.02. The molecule has 0 bridgehead atoms. The van der Waals surface area contributed by atoms with E-state index in [9.17, 15) is 5.11 Å². The fourth-order valence-corrected chi connectivity index (χ4v) is 2.98.